The molecule has 2 atom stereocenters. The SMILES string of the molecule is Cn1cc(C(=O)CC2CCCN2C(=O)CC(O)c2cccc(F)c2)cn1. The number of aliphatic hydroxyl groups excluding tert-OH is 1. The third-order valence-corrected chi connectivity index (χ3v) is 4.75. The van der Waals surface area contributed by atoms with Crippen LogP contribution in [0.5, 0.6) is 0 Å². The predicted octanol–water partition coefficient (Wildman–Crippen LogP) is 2.25. The first kappa shape index (κ1) is 18.3. The molecule has 1 amide bonds. The van der Waals surface area contributed by atoms with E-state index < -0.39 is 11.9 Å². The van der Waals surface area contributed by atoms with Crippen molar-refractivity contribution in [2.75, 3.05) is 6.54 Å². The van der Waals surface area contributed by atoms with Crippen LogP contribution >= 0.6 is 0 Å². The summed E-state index contributed by atoms with van der Waals surface area (Å²) >= 11 is 0. The van der Waals surface area contributed by atoms with Crippen LogP contribution in [0, 0.1) is 5.82 Å². The van der Waals surface area contributed by atoms with Crippen molar-refractivity contribution in [1.29, 1.82) is 0 Å². The fourth-order valence-corrected chi connectivity index (χ4v) is 3.39. The smallest absolute Gasteiger partial charge is 0.225 e. The number of likely N-dealkylation sites (tertiary alicyclic amines) is 1. The topological polar surface area (TPSA) is 75.4 Å². The van der Waals surface area contributed by atoms with Crippen molar-refractivity contribution in [1.82, 2.24) is 14.7 Å². The van der Waals surface area contributed by atoms with Gasteiger partial charge in [0.05, 0.1) is 24.3 Å². The van der Waals surface area contributed by atoms with Gasteiger partial charge in [-0.25, -0.2) is 4.39 Å². The molecule has 6 nitrogen and oxygen atoms in total. The lowest BCUT2D eigenvalue weighted by atomic mass is 10.0. The van der Waals surface area contributed by atoms with E-state index in [0.717, 1.165) is 12.8 Å². The number of hydrogen-bond donors (Lipinski definition) is 1. The number of amides is 1. The number of ketones is 1. The van der Waals surface area contributed by atoms with Gasteiger partial charge in [-0.2, -0.15) is 5.10 Å². The molecule has 1 aliphatic heterocycles. The van der Waals surface area contributed by atoms with E-state index in [0.29, 0.717) is 17.7 Å². The number of aromatic nitrogens is 2. The van der Waals surface area contributed by atoms with Crippen molar-refractivity contribution in [3.8, 4) is 0 Å². The first-order valence-electron chi connectivity index (χ1n) is 8.69. The summed E-state index contributed by atoms with van der Waals surface area (Å²) in [6.07, 6.45) is 3.83. The maximum Gasteiger partial charge on any atom is 0.225 e. The molecule has 0 spiro atoms. The molecule has 26 heavy (non-hydrogen) atoms. The lowest BCUT2D eigenvalue weighted by Crippen LogP contribution is -2.37. The van der Waals surface area contributed by atoms with E-state index in [1.54, 1.807) is 28.9 Å². The molecule has 7 heteroatoms. The molecule has 2 heterocycles. The van der Waals surface area contributed by atoms with Gasteiger partial charge in [-0.1, -0.05) is 12.1 Å². The van der Waals surface area contributed by atoms with E-state index >= 15 is 0 Å². The summed E-state index contributed by atoms with van der Waals surface area (Å²) in [5, 5.41) is 14.2. The van der Waals surface area contributed by atoms with Gasteiger partial charge in [0.25, 0.3) is 0 Å². The molecule has 1 aromatic heterocycles. The molecule has 1 N–H and O–H groups in total. The number of carbonyl (C=O) groups excluding carboxylic acids is 2. The van der Waals surface area contributed by atoms with Crippen LogP contribution in [0.25, 0.3) is 0 Å². The zero-order valence-electron chi connectivity index (χ0n) is 14.6. The quantitative estimate of drug-likeness (QED) is 0.803. The Morgan fingerprint density at radius 3 is 2.92 bits per heavy atom. The fraction of sp³-hybridized carbons (Fsp3) is 0.421. The van der Waals surface area contributed by atoms with Crippen LogP contribution in [0.3, 0.4) is 0 Å². The van der Waals surface area contributed by atoms with Gasteiger partial charge < -0.3 is 10.0 Å². The molecule has 1 aliphatic rings. The highest BCUT2D eigenvalue weighted by Crippen LogP contribution is 2.25. The van der Waals surface area contributed by atoms with Crippen molar-refractivity contribution in [2.24, 2.45) is 7.05 Å². The average Bonchev–Trinajstić information content (AvgIpc) is 3.23. The second-order valence-corrected chi connectivity index (χ2v) is 6.69. The van der Waals surface area contributed by atoms with Gasteiger partial charge in [-0.05, 0) is 30.5 Å². The Labute approximate surface area is 151 Å². The summed E-state index contributed by atoms with van der Waals surface area (Å²) in [4.78, 5) is 26.6. The minimum Gasteiger partial charge on any atom is -0.388 e. The summed E-state index contributed by atoms with van der Waals surface area (Å²) in [5.41, 5.74) is 0.909. The van der Waals surface area contributed by atoms with Crippen molar-refractivity contribution >= 4 is 11.7 Å². The van der Waals surface area contributed by atoms with E-state index in [9.17, 15) is 19.1 Å². The van der Waals surface area contributed by atoms with Gasteiger partial charge in [-0.3, -0.25) is 14.3 Å². The monoisotopic (exact) mass is 359 g/mol. The van der Waals surface area contributed by atoms with Crippen LogP contribution in [0.1, 0.15) is 47.7 Å². The highest BCUT2D eigenvalue weighted by molar-refractivity contribution is 5.96. The Hall–Kier alpha value is -2.54. The minimum atomic E-state index is -1.06. The number of carbonyl (C=O) groups is 2. The Morgan fingerprint density at radius 1 is 1.42 bits per heavy atom. The van der Waals surface area contributed by atoms with Crippen molar-refractivity contribution < 1.29 is 19.1 Å². The molecular formula is C19H22FN3O3. The molecular weight excluding hydrogens is 337 g/mol. The second kappa shape index (κ2) is 7.78. The molecule has 0 aliphatic carbocycles. The zero-order chi connectivity index (χ0) is 18.7. The Balaban J connectivity index is 1.62. The molecule has 1 fully saturated rings. The minimum absolute atomic E-state index is 0.0477. The van der Waals surface area contributed by atoms with E-state index in [4.69, 9.17) is 0 Å². The number of halogens is 1. The highest BCUT2D eigenvalue weighted by Gasteiger charge is 2.31. The third-order valence-electron chi connectivity index (χ3n) is 4.75. The van der Waals surface area contributed by atoms with E-state index in [1.165, 1.54) is 24.4 Å². The number of Topliss-reactive ketones (excluding diaryl/α,β-unsaturated/α-hetero) is 1. The summed E-state index contributed by atoms with van der Waals surface area (Å²) in [6, 6.07) is 5.44. The lowest BCUT2D eigenvalue weighted by molar-refractivity contribution is -0.134. The molecule has 3 rings (SSSR count). The van der Waals surface area contributed by atoms with Crippen molar-refractivity contribution in [2.45, 2.75) is 37.8 Å². The van der Waals surface area contributed by atoms with Crippen LogP contribution in [0.2, 0.25) is 0 Å². The van der Waals surface area contributed by atoms with Gasteiger partial charge in [0, 0.05) is 32.3 Å². The predicted molar refractivity (Wildman–Crippen MR) is 92.9 cm³/mol. The van der Waals surface area contributed by atoms with Gasteiger partial charge in [0.15, 0.2) is 5.78 Å². The highest BCUT2D eigenvalue weighted by atomic mass is 19.1. The summed E-state index contributed by atoms with van der Waals surface area (Å²) in [6.45, 7) is 0.569. The molecule has 0 bridgehead atoms. The van der Waals surface area contributed by atoms with Crippen LogP contribution < -0.4 is 0 Å². The molecule has 0 saturated carbocycles. The number of aryl methyl sites for hydroxylation is 1. The average molecular weight is 359 g/mol. The molecule has 2 unspecified atom stereocenters. The third kappa shape index (κ3) is 4.16. The first-order chi connectivity index (χ1) is 12.4. The summed E-state index contributed by atoms with van der Waals surface area (Å²) in [7, 11) is 1.75. The van der Waals surface area contributed by atoms with Crippen LogP contribution in [-0.4, -0.2) is 44.1 Å². The lowest BCUT2D eigenvalue weighted by Gasteiger charge is -2.25. The second-order valence-electron chi connectivity index (χ2n) is 6.69. The standard InChI is InChI=1S/C19H22FN3O3/c1-22-12-14(11-21-22)17(24)9-16-6-3-7-23(16)19(26)10-18(25)13-4-2-5-15(20)8-13/h2,4-5,8,11-12,16,18,25H,3,6-7,9-10H2,1H3. The first-order valence-corrected chi connectivity index (χ1v) is 8.69. The molecule has 2 aromatic rings. The fourth-order valence-electron chi connectivity index (χ4n) is 3.39. The summed E-state index contributed by atoms with van der Waals surface area (Å²) < 4.78 is 14.9. The molecule has 1 aromatic carbocycles. The van der Waals surface area contributed by atoms with Gasteiger partial charge in [-0.15, -0.1) is 0 Å². The normalized spacial score (nSPS) is 18.1. The van der Waals surface area contributed by atoms with E-state index in [2.05, 4.69) is 5.10 Å². The maximum atomic E-state index is 13.3. The van der Waals surface area contributed by atoms with E-state index in [1.807, 2.05) is 0 Å². The molecule has 1 saturated heterocycles. The maximum absolute atomic E-state index is 13.3. The van der Waals surface area contributed by atoms with Crippen LogP contribution in [0.15, 0.2) is 36.7 Å². The number of aliphatic hydroxyl groups is 1. The number of rotatable bonds is 6. The van der Waals surface area contributed by atoms with Gasteiger partial charge >= 0.3 is 0 Å². The van der Waals surface area contributed by atoms with Gasteiger partial charge in [0.2, 0.25) is 5.91 Å². The Bertz CT molecular complexity index is 805. The van der Waals surface area contributed by atoms with Crippen LogP contribution in [0.4, 0.5) is 4.39 Å². The van der Waals surface area contributed by atoms with Gasteiger partial charge in [0.1, 0.15) is 5.82 Å². The number of nitrogens with zero attached hydrogens (tertiary/aromatic N) is 3. The summed E-state index contributed by atoms with van der Waals surface area (Å²) in [5.74, 6) is -0.716. The number of benzene rings is 1. The molecule has 138 valence electrons. The van der Waals surface area contributed by atoms with Crippen molar-refractivity contribution in [3.05, 3.63) is 53.6 Å². The van der Waals surface area contributed by atoms with E-state index in [-0.39, 0.29) is 30.6 Å². The zero-order valence-corrected chi connectivity index (χ0v) is 14.6. The van der Waals surface area contributed by atoms with Crippen LogP contribution in [-0.2, 0) is 11.8 Å². The van der Waals surface area contributed by atoms with Crippen molar-refractivity contribution in [3.63, 3.8) is 0 Å². The number of hydrogen-bond acceptors (Lipinski definition) is 4. The largest absolute Gasteiger partial charge is 0.388 e. The molecule has 0 radical (unpaired) electrons. The Morgan fingerprint density at radius 2 is 2.23 bits per heavy atom. The Kier molecular flexibility index (Phi) is 5.46.